The van der Waals surface area contributed by atoms with Gasteiger partial charge in [0.25, 0.3) is 11.8 Å². The number of pyridine rings is 1. The number of halogens is 1. The summed E-state index contributed by atoms with van der Waals surface area (Å²) in [7, 11) is 0. The molecule has 0 bridgehead atoms. The molecule has 0 aliphatic carbocycles. The van der Waals surface area contributed by atoms with Crippen LogP contribution in [-0.4, -0.2) is 16.2 Å². The fourth-order valence-electron chi connectivity index (χ4n) is 1.63. The highest BCUT2D eigenvalue weighted by Crippen LogP contribution is 2.30. The second kappa shape index (κ2) is 6.24. The third-order valence-corrected chi connectivity index (χ3v) is 4.22. The molecule has 0 aromatic carbocycles. The summed E-state index contributed by atoms with van der Waals surface area (Å²) in [6.07, 6.45) is 1.22. The molecule has 22 heavy (non-hydrogen) atoms. The highest BCUT2D eigenvalue weighted by atomic mass is 79.9. The van der Waals surface area contributed by atoms with Gasteiger partial charge in [-0.3, -0.25) is 0 Å². The summed E-state index contributed by atoms with van der Waals surface area (Å²) in [5.74, 6) is -0.254. The van der Waals surface area contributed by atoms with Gasteiger partial charge in [0.05, 0.1) is 8.66 Å². The highest BCUT2D eigenvalue weighted by molar-refractivity contribution is 9.11. The fraction of sp³-hybridized carbons (Fsp3) is 0.0769. The molecule has 0 saturated heterocycles. The Balaban J connectivity index is 1.66. The Morgan fingerprint density at radius 2 is 2.23 bits per heavy atom. The molecule has 0 atom stereocenters. The number of nitrogens with zero attached hydrogens (tertiary/aromatic N) is 3. The van der Waals surface area contributed by atoms with Crippen molar-refractivity contribution in [3.63, 3.8) is 0 Å². The molecule has 7 nitrogen and oxygen atoms in total. The van der Waals surface area contributed by atoms with E-state index in [4.69, 9.17) is 9.15 Å². The molecule has 0 aliphatic heterocycles. The first-order valence-electron chi connectivity index (χ1n) is 6.07. The molecule has 0 N–H and O–H groups in total. The fourth-order valence-corrected chi connectivity index (χ4v) is 2.94. The lowest BCUT2D eigenvalue weighted by Crippen LogP contribution is -2.34. The first-order valence-corrected chi connectivity index (χ1v) is 7.68. The Morgan fingerprint density at radius 3 is 2.95 bits per heavy atom. The smallest absolute Gasteiger partial charge is 0.405 e. The molecule has 0 fully saturated rings. The molecule has 3 heterocycles. The number of ether oxygens (including phenoxy) is 1. The number of rotatable bonds is 4. The third-order valence-electron chi connectivity index (χ3n) is 2.61. The standard InChI is InChI=1S/C13H8BrN3O4S/c14-10-5-4-9(22-10)12-16-15-11(21-12)7-20-13(18)8-3-1-2-6-17(8)19/h1-6H,7H2. The maximum atomic E-state index is 11.8. The quantitative estimate of drug-likeness (QED) is 0.391. The van der Waals surface area contributed by atoms with Crippen molar-refractivity contribution in [3.8, 4) is 10.8 Å². The topological polar surface area (TPSA) is 92.2 Å². The second-order valence-electron chi connectivity index (χ2n) is 4.09. The molecular formula is C13H8BrN3O4S. The first kappa shape index (κ1) is 14.7. The van der Waals surface area contributed by atoms with E-state index in [-0.39, 0.29) is 18.2 Å². The van der Waals surface area contributed by atoms with E-state index in [0.29, 0.717) is 10.6 Å². The van der Waals surface area contributed by atoms with Crippen molar-refractivity contribution < 1.29 is 18.7 Å². The number of hydrogen-bond acceptors (Lipinski definition) is 7. The molecular weight excluding hydrogens is 374 g/mol. The molecule has 0 unspecified atom stereocenters. The number of thiophene rings is 1. The van der Waals surface area contributed by atoms with Gasteiger partial charge in [0, 0.05) is 12.1 Å². The van der Waals surface area contributed by atoms with Crippen LogP contribution >= 0.6 is 27.3 Å². The molecule has 0 aliphatic rings. The van der Waals surface area contributed by atoms with Crippen molar-refractivity contribution in [2.24, 2.45) is 0 Å². The Morgan fingerprint density at radius 1 is 1.36 bits per heavy atom. The lowest BCUT2D eigenvalue weighted by atomic mass is 10.3. The monoisotopic (exact) mass is 381 g/mol. The van der Waals surface area contributed by atoms with Crippen LogP contribution in [-0.2, 0) is 11.3 Å². The molecule has 9 heteroatoms. The van der Waals surface area contributed by atoms with Crippen LogP contribution in [0.5, 0.6) is 0 Å². The number of carbonyl (C=O) groups is 1. The number of aromatic nitrogens is 3. The summed E-state index contributed by atoms with van der Waals surface area (Å²) in [6.45, 7) is -0.201. The van der Waals surface area contributed by atoms with Crippen molar-refractivity contribution in [1.29, 1.82) is 0 Å². The van der Waals surface area contributed by atoms with E-state index in [1.165, 1.54) is 29.7 Å². The van der Waals surface area contributed by atoms with Crippen LogP contribution in [0.25, 0.3) is 10.8 Å². The van der Waals surface area contributed by atoms with Crippen LogP contribution in [0.2, 0.25) is 0 Å². The highest BCUT2D eigenvalue weighted by Gasteiger charge is 2.18. The minimum Gasteiger partial charge on any atom is -0.618 e. The summed E-state index contributed by atoms with van der Waals surface area (Å²) < 4.78 is 11.8. The number of carbonyl (C=O) groups excluding carboxylic acids is 1. The number of hydrogen-bond donors (Lipinski definition) is 0. The maximum Gasteiger partial charge on any atom is 0.405 e. The third kappa shape index (κ3) is 3.15. The van der Waals surface area contributed by atoms with Crippen molar-refractivity contribution in [2.75, 3.05) is 0 Å². The molecule has 3 rings (SSSR count). The van der Waals surface area contributed by atoms with Crippen LogP contribution in [0.3, 0.4) is 0 Å². The molecule has 3 aromatic rings. The van der Waals surface area contributed by atoms with Gasteiger partial charge in [-0.25, -0.2) is 4.79 Å². The molecule has 0 radical (unpaired) electrons. The van der Waals surface area contributed by atoms with Crippen molar-refractivity contribution in [3.05, 3.63) is 57.1 Å². The van der Waals surface area contributed by atoms with Gasteiger partial charge >= 0.3 is 11.7 Å². The summed E-state index contributed by atoms with van der Waals surface area (Å²) in [5, 5.41) is 19.1. The van der Waals surface area contributed by atoms with Crippen LogP contribution in [0, 0.1) is 5.21 Å². The van der Waals surface area contributed by atoms with Crippen molar-refractivity contribution in [2.45, 2.75) is 6.61 Å². The lowest BCUT2D eigenvalue weighted by molar-refractivity contribution is -0.608. The van der Waals surface area contributed by atoms with Crippen molar-refractivity contribution >= 4 is 33.2 Å². The van der Waals surface area contributed by atoms with Crippen LogP contribution in [0.1, 0.15) is 16.4 Å². The van der Waals surface area contributed by atoms with Crippen LogP contribution in [0.15, 0.2) is 44.7 Å². The van der Waals surface area contributed by atoms with Gasteiger partial charge in [0.2, 0.25) is 0 Å². The zero-order valence-corrected chi connectivity index (χ0v) is 13.3. The summed E-state index contributed by atoms with van der Waals surface area (Å²) >= 11 is 4.79. The molecule has 0 amide bonds. The van der Waals surface area contributed by atoms with E-state index in [1.54, 1.807) is 6.07 Å². The van der Waals surface area contributed by atoms with Crippen LogP contribution < -0.4 is 4.73 Å². The van der Waals surface area contributed by atoms with Gasteiger partial charge in [0.1, 0.15) is 0 Å². The minimum absolute atomic E-state index is 0.107. The molecule has 0 saturated carbocycles. The average Bonchev–Trinajstić information content (AvgIpc) is 3.14. The Kier molecular flexibility index (Phi) is 4.16. The van der Waals surface area contributed by atoms with E-state index in [2.05, 4.69) is 26.1 Å². The summed E-state index contributed by atoms with van der Waals surface area (Å²) in [6, 6.07) is 8.17. The normalized spacial score (nSPS) is 10.6. The van der Waals surface area contributed by atoms with E-state index in [9.17, 15) is 10.0 Å². The average molecular weight is 382 g/mol. The van der Waals surface area contributed by atoms with E-state index in [0.717, 1.165) is 8.66 Å². The van der Waals surface area contributed by atoms with Gasteiger partial charge in [-0.1, -0.05) is 0 Å². The molecule has 3 aromatic heterocycles. The number of esters is 1. The van der Waals surface area contributed by atoms with Gasteiger partial charge in [-0.2, -0.15) is 4.73 Å². The minimum atomic E-state index is -0.755. The summed E-state index contributed by atoms with van der Waals surface area (Å²) in [4.78, 5) is 12.6. The van der Waals surface area contributed by atoms with E-state index >= 15 is 0 Å². The largest absolute Gasteiger partial charge is 0.618 e. The zero-order chi connectivity index (χ0) is 15.5. The SMILES string of the molecule is O=C(OCc1nnc(-c2ccc(Br)s2)o1)c1cccc[n+]1[O-]. The van der Waals surface area contributed by atoms with Gasteiger partial charge in [0.15, 0.2) is 12.8 Å². The lowest BCUT2D eigenvalue weighted by Gasteiger charge is -2.02. The Bertz CT molecular complexity index is 817. The maximum absolute atomic E-state index is 11.8. The van der Waals surface area contributed by atoms with Gasteiger partial charge in [-0.05, 0) is 34.1 Å². The van der Waals surface area contributed by atoms with Gasteiger partial charge < -0.3 is 14.4 Å². The predicted molar refractivity (Wildman–Crippen MR) is 79.8 cm³/mol. The van der Waals surface area contributed by atoms with E-state index < -0.39 is 5.97 Å². The second-order valence-corrected chi connectivity index (χ2v) is 6.56. The van der Waals surface area contributed by atoms with Crippen LogP contribution in [0.4, 0.5) is 0 Å². The van der Waals surface area contributed by atoms with E-state index in [1.807, 2.05) is 12.1 Å². The Hall–Kier alpha value is -2.26. The van der Waals surface area contributed by atoms with Crippen molar-refractivity contribution in [1.82, 2.24) is 10.2 Å². The van der Waals surface area contributed by atoms with Gasteiger partial charge in [-0.15, -0.1) is 21.5 Å². The predicted octanol–water partition coefficient (Wildman–Crippen LogP) is 2.55. The zero-order valence-electron chi connectivity index (χ0n) is 10.9. The Labute approximate surface area is 136 Å². The molecule has 112 valence electrons. The summed E-state index contributed by atoms with van der Waals surface area (Å²) in [5.41, 5.74) is -0.107. The molecule has 0 spiro atoms. The first-order chi connectivity index (χ1) is 10.6.